The molecule has 7 nitrogen and oxygen atoms in total. The number of hydrogen-bond acceptors (Lipinski definition) is 4. The number of benzene rings is 1. The zero-order valence-electron chi connectivity index (χ0n) is 16.5. The highest BCUT2D eigenvalue weighted by Gasteiger charge is 2.37. The second-order valence-electron chi connectivity index (χ2n) is 6.63. The van der Waals surface area contributed by atoms with E-state index < -0.39 is 16.1 Å². The minimum Gasteiger partial charge on any atom is -0.354 e. The largest absolute Gasteiger partial charge is 0.354 e. The fourth-order valence-corrected chi connectivity index (χ4v) is 4.92. The lowest BCUT2D eigenvalue weighted by molar-refractivity contribution is -0.125. The molecule has 0 fully saturated rings. The summed E-state index contributed by atoms with van der Waals surface area (Å²) in [6, 6.07) is 4.10. The molecule has 2 amide bonds. The highest BCUT2D eigenvalue weighted by atomic mass is 32.2. The van der Waals surface area contributed by atoms with Crippen molar-refractivity contribution in [2.75, 3.05) is 24.5 Å². The fraction of sp³-hybridized carbons (Fsp3) is 0.579. The van der Waals surface area contributed by atoms with Gasteiger partial charge in [0.25, 0.3) is 0 Å². The Morgan fingerprint density at radius 3 is 2.44 bits per heavy atom. The lowest BCUT2D eigenvalue weighted by atomic mass is 10.1. The first-order valence-corrected chi connectivity index (χ1v) is 10.9. The molecule has 1 heterocycles. The average molecular weight is 396 g/mol. The van der Waals surface area contributed by atoms with Crippen molar-refractivity contribution < 1.29 is 18.0 Å². The number of amides is 2. The first-order valence-electron chi connectivity index (χ1n) is 9.48. The van der Waals surface area contributed by atoms with Gasteiger partial charge in [-0.1, -0.05) is 27.2 Å². The molecular weight excluding hydrogens is 366 g/mol. The van der Waals surface area contributed by atoms with Gasteiger partial charge in [-0.25, -0.2) is 8.42 Å². The summed E-state index contributed by atoms with van der Waals surface area (Å²) < 4.78 is 26.9. The molecule has 0 spiro atoms. The molecule has 150 valence electrons. The Kier molecular flexibility index (Phi) is 7.00. The van der Waals surface area contributed by atoms with Crippen molar-refractivity contribution in [2.24, 2.45) is 0 Å². The van der Waals surface area contributed by atoms with Crippen LogP contribution >= 0.6 is 0 Å². The summed E-state index contributed by atoms with van der Waals surface area (Å²) in [6.45, 7) is 8.38. The number of nitrogens with zero attached hydrogens (tertiary/aromatic N) is 2. The molecule has 1 atom stereocenters. The lowest BCUT2D eigenvalue weighted by Crippen LogP contribution is -2.47. The number of anilines is 1. The maximum absolute atomic E-state index is 12.8. The number of rotatable bonds is 8. The van der Waals surface area contributed by atoms with Crippen LogP contribution in [0.5, 0.6) is 0 Å². The SMILES string of the molecule is CCCCNC(=O)[C@@H]1Cc2cc(S(=O)(=O)N(CC)CC)ccc2N1C(C)=O. The van der Waals surface area contributed by atoms with Crippen molar-refractivity contribution in [3.8, 4) is 0 Å². The topological polar surface area (TPSA) is 86.8 Å². The Bertz CT molecular complexity index is 803. The van der Waals surface area contributed by atoms with Crippen LogP contribution in [-0.2, 0) is 26.0 Å². The van der Waals surface area contributed by atoms with Crippen LogP contribution in [0.15, 0.2) is 23.1 Å². The van der Waals surface area contributed by atoms with Crippen LogP contribution in [0.4, 0.5) is 5.69 Å². The molecular formula is C19H29N3O4S. The first-order chi connectivity index (χ1) is 12.8. The summed E-state index contributed by atoms with van der Waals surface area (Å²) in [7, 11) is -3.59. The third-order valence-electron chi connectivity index (χ3n) is 4.85. The minimum atomic E-state index is -3.59. The van der Waals surface area contributed by atoms with Crippen molar-refractivity contribution in [1.29, 1.82) is 0 Å². The van der Waals surface area contributed by atoms with Crippen LogP contribution in [0, 0.1) is 0 Å². The van der Waals surface area contributed by atoms with Gasteiger partial charge in [0, 0.05) is 38.7 Å². The molecule has 0 unspecified atom stereocenters. The molecule has 1 N–H and O–H groups in total. The Balaban J connectivity index is 2.34. The summed E-state index contributed by atoms with van der Waals surface area (Å²) in [5.41, 5.74) is 1.31. The van der Waals surface area contributed by atoms with E-state index in [4.69, 9.17) is 0 Å². The number of nitrogens with one attached hydrogen (secondary N) is 1. The van der Waals surface area contributed by atoms with Crippen LogP contribution in [0.2, 0.25) is 0 Å². The van der Waals surface area contributed by atoms with E-state index in [1.165, 1.54) is 22.2 Å². The van der Waals surface area contributed by atoms with E-state index in [-0.39, 0.29) is 16.7 Å². The number of carbonyl (C=O) groups excluding carboxylic acids is 2. The van der Waals surface area contributed by atoms with Gasteiger partial charge in [-0.2, -0.15) is 4.31 Å². The molecule has 0 aromatic heterocycles. The zero-order chi connectivity index (χ0) is 20.2. The van der Waals surface area contributed by atoms with Crippen molar-refractivity contribution >= 4 is 27.5 Å². The predicted molar refractivity (Wildman–Crippen MR) is 105 cm³/mol. The van der Waals surface area contributed by atoms with Gasteiger partial charge in [0.15, 0.2) is 0 Å². The maximum atomic E-state index is 12.8. The highest BCUT2D eigenvalue weighted by Crippen LogP contribution is 2.34. The van der Waals surface area contributed by atoms with Crippen LogP contribution in [0.25, 0.3) is 0 Å². The molecule has 1 aliphatic heterocycles. The van der Waals surface area contributed by atoms with Gasteiger partial charge in [0.05, 0.1) is 4.90 Å². The number of hydrogen-bond donors (Lipinski definition) is 1. The maximum Gasteiger partial charge on any atom is 0.243 e. The van der Waals surface area contributed by atoms with Crippen molar-refractivity contribution in [3.05, 3.63) is 23.8 Å². The zero-order valence-corrected chi connectivity index (χ0v) is 17.3. The Labute approximate surface area is 161 Å². The second kappa shape index (κ2) is 8.84. The lowest BCUT2D eigenvalue weighted by Gasteiger charge is -2.23. The van der Waals surface area contributed by atoms with Crippen molar-refractivity contribution in [1.82, 2.24) is 9.62 Å². The smallest absolute Gasteiger partial charge is 0.243 e. The van der Waals surface area contributed by atoms with Crippen LogP contribution in [0.1, 0.15) is 46.1 Å². The van der Waals surface area contributed by atoms with Gasteiger partial charge in [-0.15, -0.1) is 0 Å². The number of fused-ring (bicyclic) bond motifs is 1. The third-order valence-corrected chi connectivity index (χ3v) is 6.90. The molecule has 27 heavy (non-hydrogen) atoms. The molecule has 0 saturated carbocycles. The van der Waals surface area contributed by atoms with Crippen LogP contribution in [-0.4, -0.2) is 50.2 Å². The molecule has 1 aromatic carbocycles. The standard InChI is InChI=1S/C19H29N3O4S/c1-5-8-11-20-19(24)18-13-15-12-16(27(25,26)21(6-2)7-3)9-10-17(15)22(18)14(4)23/h9-10,12,18H,5-8,11,13H2,1-4H3,(H,20,24)/t18-/m0/s1. The molecule has 0 saturated heterocycles. The Morgan fingerprint density at radius 2 is 1.89 bits per heavy atom. The summed E-state index contributed by atoms with van der Waals surface area (Å²) in [5.74, 6) is -0.438. The molecule has 2 rings (SSSR count). The van der Waals surface area contributed by atoms with Crippen molar-refractivity contribution in [2.45, 2.75) is 57.9 Å². The number of unbranched alkanes of at least 4 members (excludes halogenated alkanes) is 1. The van der Waals surface area contributed by atoms with E-state index in [9.17, 15) is 18.0 Å². The third kappa shape index (κ3) is 4.32. The van der Waals surface area contributed by atoms with Crippen LogP contribution in [0.3, 0.4) is 0 Å². The summed E-state index contributed by atoms with van der Waals surface area (Å²) in [6.07, 6.45) is 2.15. The molecule has 0 aliphatic carbocycles. The van der Waals surface area contributed by atoms with E-state index >= 15 is 0 Å². The fourth-order valence-electron chi connectivity index (χ4n) is 3.41. The molecule has 8 heteroatoms. The first kappa shape index (κ1) is 21.4. The van der Waals surface area contributed by atoms with Crippen LogP contribution < -0.4 is 10.2 Å². The second-order valence-corrected chi connectivity index (χ2v) is 8.57. The van der Waals surface area contributed by atoms with E-state index in [2.05, 4.69) is 5.32 Å². The number of carbonyl (C=O) groups is 2. The molecule has 1 aliphatic rings. The minimum absolute atomic E-state index is 0.195. The number of sulfonamides is 1. The molecule has 0 radical (unpaired) electrons. The average Bonchev–Trinajstić information content (AvgIpc) is 3.01. The molecule has 0 bridgehead atoms. The predicted octanol–water partition coefficient (Wildman–Crippen LogP) is 1.91. The quantitative estimate of drug-likeness (QED) is 0.681. The van der Waals surface area contributed by atoms with Gasteiger partial charge >= 0.3 is 0 Å². The van der Waals surface area contributed by atoms with Gasteiger partial charge in [-0.3, -0.25) is 14.5 Å². The van der Waals surface area contributed by atoms with E-state index in [1.54, 1.807) is 26.0 Å². The van der Waals surface area contributed by atoms with Gasteiger partial charge in [0.1, 0.15) is 6.04 Å². The van der Waals surface area contributed by atoms with Gasteiger partial charge in [-0.05, 0) is 30.2 Å². The van der Waals surface area contributed by atoms with E-state index in [1.807, 2.05) is 6.92 Å². The highest BCUT2D eigenvalue weighted by molar-refractivity contribution is 7.89. The summed E-state index contributed by atoms with van der Waals surface area (Å²) >= 11 is 0. The van der Waals surface area contributed by atoms with Gasteiger partial charge in [0.2, 0.25) is 21.8 Å². The van der Waals surface area contributed by atoms with E-state index in [0.29, 0.717) is 37.3 Å². The van der Waals surface area contributed by atoms with E-state index in [0.717, 1.165) is 12.8 Å². The van der Waals surface area contributed by atoms with Crippen molar-refractivity contribution in [3.63, 3.8) is 0 Å². The monoisotopic (exact) mass is 395 g/mol. The normalized spacial score (nSPS) is 16.5. The summed E-state index contributed by atoms with van der Waals surface area (Å²) in [4.78, 5) is 26.4. The van der Waals surface area contributed by atoms with Gasteiger partial charge < -0.3 is 5.32 Å². The summed E-state index contributed by atoms with van der Waals surface area (Å²) in [5, 5.41) is 2.87. The Hall–Kier alpha value is -1.93. The molecule has 1 aromatic rings. The Morgan fingerprint density at radius 1 is 1.22 bits per heavy atom.